The second-order valence-electron chi connectivity index (χ2n) is 6.32. The van der Waals surface area contributed by atoms with E-state index in [-0.39, 0.29) is 23.5 Å². The van der Waals surface area contributed by atoms with Crippen LogP contribution in [0.25, 0.3) is 10.9 Å². The molecule has 8 heteroatoms. The molecule has 1 aromatic heterocycles. The van der Waals surface area contributed by atoms with E-state index in [1.54, 1.807) is 12.0 Å². The minimum Gasteiger partial charge on any atom is -0.497 e. The minimum absolute atomic E-state index is 0.0361. The molecule has 2 N–H and O–H groups in total. The highest BCUT2D eigenvalue weighted by molar-refractivity contribution is 7.99. The minimum atomic E-state index is -0.275. The lowest BCUT2D eigenvalue weighted by Crippen LogP contribution is -2.42. The third-order valence-electron chi connectivity index (χ3n) is 4.65. The lowest BCUT2D eigenvalue weighted by atomic mass is 9.96. The van der Waals surface area contributed by atoms with Crippen molar-refractivity contribution in [1.82, 2.24) is 14.9 Å². The van der Waals surface area contributed by atoms with Gasteiger partial charge < -0.3 is 15.4 Å². The molecule has 1 fully saturated rings. The Morgan fingerprint density at radius 3 is 2.69 bits per heavy atom. The molecule has 7 nitrogen and oxygen atoms in total. The highest BCUT2D eigenvalue weighted by atomic mass is 32.2. The van der Waals surface area contributed by atoms with Crippen LogP contribution in [-0.2, 0) is 9.59 Å². The molecule has 0 bridgehead atoms. The van der Waals surface area contributed by atoms with Crippen molar-refractivity contribution in [1.29, 1.82) is 0 Å². The summed E-state index contributed by atoms with van der Waals surface area (Å²) in [5.74, 6) is 0.689. The van der Waals surface area contributed by atoms with Crippen LogP contribution < -0.4 is 10.5 Å². The Morgan fingerprint density at radius 1 is 1.31 bits per heavy atom. The molecule has 0 saturated carbocycles. The SMILES string of the molecule is COc1ccc2nc(SCC(=O)N3CCC(C(N)=O)CC3)nc(C)c2c1. The zero-order valence-corrected chi connectivity index (χ0v) is 15.7. The Labute approximate surface area is 156 Å². The number of carbonyl (C=O) groups excluding carboxylic acids is 2. The first-order valence-electron chi connectivity index (χ1n) is 8.50. The number of fused-ring (bicyclic) bond motifs is 1. The summed E-state index contributed by atoms with van der Waals surface area (Å²) in [5.41, 5.74) is 7.01. The normalized spacial score (nSPS) is 15.2. The van der Waals surface area contributed by atoms with Crippen LogP contribution in [0.3, 0.4) is 0 Å². The number of likely N-dealkylation sites (tertiary alicyclic amines) is 1. The summed E-state index contributed by atoms with van der Waals surface area (Å²) >= 11 is 1.33. The number of hydrogen-bond donors (Lipinski definition) is 1. The maximum atomic E-state index is 12.4. The summed E-state index contributed by atoms with van der Waals surface area (Å²) in [5, 5.41) is 1.52. The fraction of sp³-hybridized carbons (Fsp3) is 0.444. The molecule has 2 aromatic rings. The number of rotatable bonds is 5. The van der Waals surface area contributed by atoms with Crippen molar-refractivity contribution in [3.05, 3.63) is 23.9 Å². The molecule has 2 amide bonds. The zero-order chi connectivity index (χ0) is 18.7. The van der Waals surface area contributed by atoms with Crippen LogP contribution in [0.2, 0.25) is 0 Å². The monoisotopic (exact) mass is 374 g/mol. The average Bonchev–Trinajstić information content (AvgIpc) is 2.66. The Hall–Kier alpha value is -2.35. The fourth-order valence-electron chi connectivity index (χ4n) is 3.06. The van der Waals surface area contributed by atoms with Crippen LogP contribution in [0.15, 0.2) is 23.4 Å². The van der Waals surface area contributed by atoms with Gasteiger partial charge in [-0.2, -0.15) is 0 Å². The Kier molecular flexibility index (Phi) is 5.61. The number of hydrogen-bond acceptors (Lipinski definition) is 6. The second kappa shape index (κ2) is 7.90. The van der Waals surface area contributed by atoms with E-state index in [1.807, 2.05) is 25.1 Å². The van der Waals surface area contributed by atoms with Crippen molar-refractivity contribution in [3.63, 3.8) is 0 Å². The molecule has 138 valence electrons. The molecule has 1 saturated heterocycles. The van der Waals surface area contributed by atoms with Crippen molar-refractivity contribution in [2.75, 3.05) is 26.0 Å². The Morgan fingerprint density at radius 2 is 2.04 bits per heavy atom. The van der Waals surface area contributed by atoms with Gasteiger partial charge in [-0.1, -0.05) is 11.8 Å². The van der Waals surface area contributed by atoms with E-state index in [2.05, 4.69) is 9.97 Å². The number of piperidine rings is 1. The molecule has 3 rings (SSSR count). The molecule has 26 heavy (non-hydrogen) atoms. The van der Waals surface area contributed by atoms with Gasteiger partial charge in [-0.3, -0.25) is 9.59 Å². The van der Waals surface area contributed by atoms with Crippen LogP contribution in [0, 0.1) is 12.8 Å². The number of nitrogens with zero attached hydrogens (tertiary/aromatic N) is 3. The molecule has 1 aliphatic heterocycles. The van der Waals surface area contributed by atoms with Crippen molar-refractivity contribution >= 4 is 34.5 Å². The summed E-state index contributed by atoms with van der Waals surface area (Å²) in [6.07, 6.45) is 1.28. The quantitative estimate of drug-likeness (QED) is 0.632. The standard InChI is InChI=1S/C18H22N4O3S/c1-11-14-9-13(25-2)3-4-15(14)21-18(20-11)26-10-16(23)22-7-5-12(6-8-22)17(19)24/h3-4,9,12H,5-8,10H2,1-2H3,(H2,19,24). The first-order valence-corrected chi connectivity index (χ1v) is 9.48. The lowest BCUT2D eigenvalue weighted by molar-refractivity contribution is -0.132. The number of ether oxygens (including phenoxy) is 1. The summed E-state index contributed by atoms with van der Waals surface area (Å²) in [6, 6.07) is 5.66. The van der Waals surface area contributed by atoms with Crippen LogP contribution >= 0.6 is 11.8 Å². The molecule has 0 aliphatic carbocycles. The van der Waals surface area contributed by atoms with Gasteiger partial charge in [0.25, 0.3) is 0 Å². The number of aromatic nitrogens is 2. The number of benzene rings is 1. The second-order valence-corrected chi connectivity index (χ2v) is 7.26. The first kappa shape index (κ1) is 18.4. The van der Waals surface area contributed by atoms with E-state index < -0.39 is 0 Å². The van der Waals surface area contributed by atoms with Gasteiger partial charge in [0.05, 0.1) is 18.4 Å². The van der Waals surface area contributed by atoms with E-state index in [0.29, 0.717) is 31.1 Å². The van der Waals surface area contributed by atoms with Gasteiger partial charge in [-0.05, 0) is 38.0 Å². The number of carbonyl (C=O) groups is 2. The molecule has 0 atom stereocenters. The van der Waals surface area contributed by atoms with E-state index >= 15 is 0 Å². The third kappa shape index (κ3) is 4.07. The predicted octanol–water partition coefficient (Wildman–Crippen LogP) is 1.76. The number of amides is 2. The van der Waals surface area contributed by atoms with Gasteiger partial charge in [0.15, 0.2) is 5.16 Å². The number of aryl methyl sites for hydroxylation is 1. The summed E-state index contributed by atoms with van der Waals surface area (Å²) < 4.78 is 5.24. The molecule has 2 heterocycles. The highest BCUT2D eigenvalue weighted by Gasteiger charge is 2.25. The van der Waals surface area contributed by atoms with E-state index in [0.717, 1.165) is 22.3 Å². The maximum Gasteiger partial charge on any atom is 0.233 e. The van der Waals surface area contributed by atoms with E-state index in [9.17, 15) is 9.59 Å². The molecule has 0 spiro atoms. The largest absolute Gasteiger partial charge is 0.497 e. The smallest absolute Gasteiger partial charge is 0.233 e. The molecular formula is C18H22N4O3S. The third-order valence-corrected chi connectivity index (χ3v) is 5.48. The van der Waals surface area contributed by atoms with Crippen molar-refractivity contribution in [2.24, 2.45) is 11.7 Å². The number of methoxy groups -OCH3 is 1. The van der Waals surface area contributed by atoms with Gasteiger partial charge in [-0.15, -0.1) is 0 Å². The van der Waals surface area contributed by atoms with Gasteiger partial charge in [0.2, 0.25) is 11.8 Å². The Bertz CT molecular complexity index is 835. The summed E-state index contributed by atoms with van der Waals surface area (Å²) in [7, 11) is 1.62. The average molecular weight is 374 g/mol. The zero-order valence-electron chi connectivity index (χ0n) is 14.9. The fourth-order valence-corrected chi connectivity index (χ4v) is 3.86. The lowest BCUT2D eigenvalue weighted by Gasteiger charge is -2.30. The van der Waals surface area contributed by atoms with Crippen molar-refractivity contribution in [2.45, 2.75) is 24.9 Å². The molecule has 1 aromatic carbocycles. The number of thioether (sulfide) groups is 1. The number of primary amides is 1. The van der Waals surface area contributed by atoms with Crippen LogP contribution in [0.4, 0.5) is 0 Å². The highest BCUT2D eigenvalue weighted by Crippen LogP contribution is 2.25. The Balaban J connectivity index is 1.62. The van der Waals surface area contributed by atoms with Gasteiger partial charge in [0, 0.05) is 30.1 Å². The van der Waals surface area contributed by atoms with Crippen molar-refractivity contribution < 1.29 is 14.3 Å². The molecular weight excluding hydrogens is 352 g/mol. The van der Waals surface area contributed by atoms with E-state index in [1.165, 1.54) is 11.8 Å². The van der Waals surface area contributed by atoms with Gasteiger partial charge in [0.1, 0.15) is 5.75 Å². The van der Waals surface area contributed by atoms with Crippen LogP contribution in [0.5, 0.6) is 5.75 Å². The summed E-state index contributed by atoms with van der Waals surface area (Å²) in [4.78, 5) is 34.4. The predicted molar refractivity (Wildman–Crippen MR) is 100 cm³/mol. The van der Waals surface area contributed by atoms with Crippen molar-refractivity contribution in [3.8, 4) is 5.75 Å². The molecule has 1 aliphatic rings. The molecule has 0 radical (unpaired) electrons. The molecule has 0 unspecified atom stereocenters. The topological polar surface area (TPSA) is 98.4 Å². The first-order chi connectivity index (χ1) is 12.5. The van der Waals surface area contributed by atoms with Gasteiger partial charge >= 0.3 is 0 Å². The van der Waals surface area contributed by atoms with Crippen LogP contribution in [-0.4, -0.2) is 52.6 Å². The maximum absolute atomic E-state index is 12.4. The van der Waals surface area contributed by atoms with Gasteiger partial charge in [-0.25, -0.2) is 9.97 Å². The van der Waals surface area contributed by atoms with Crippen LogP contribution in [0.1, 0.15) is 18.5 Å². The summed E-state index contributed by atoms with van der Waals surface area (Å²) in [6.45, 7) is 3.07. The number of nitrogens with two attached hydrogens (primary N) is 1. The van der Waals surface area contributed by atoms with E-state index in [4.69, 9.17) is 10.5 Å².